The highest BCUT2D eigenvalue weighted by atomic mass is 35.5. The van der Waals surface area contributed by atoms with E-state index in [1.165, 1.54) is 12.1 Å². The number of hydrogen-bond acceptors (Lipinski definition) is 1. The predicted octanol–water partition coefficient (Wildman–Crippen LogP) is 3.13. The van der Waals surface area contributed by atoms with E-state index in [2.05, 4.69) is 4.85 Å². The summed E-state index contributed by atoms with van der Waals surface area (Å²) in [5.41, 5.74) is 6.16. The van der Waals surface area contributed by atoms with Gasteiger partial charge in [0.05, 0.1) is 22.3 Å². The van der Waals surface area contributed by atoms with E-state index in [4.69, 9.17) is 35.5 Å². The van der Waals surface area contributed by atoms with Gasteiger partial charge in [-0.2, -0.15) is 0 Å². The number of nitrogens with zero attached hydrogens (tertiary/aromatic N) is 1. The van der Waals surface area contributed by atoms with Crippen LogP contribution in [0, 0.1) is 6.57 Å². The molecule has 0 aliphatic rings. The highest BCUT2D eigenvalue weighted by Gasteiger charge is 2.03. The van der Waals surface area contributed by atoms with Gasteiger partial charge in [0.15, 0.2) is 5.69 Å². The van der Waals surface area contributed by atoms with E-state index in [0.717, 1.165) is 0 Å². The van der Waals surface area contributed by atoms with Crippen LogP contribution in [0.1, 0.15) is 0 Å². The normalized spacial score (nSPS) is 9.18. The Balaban J connectivity index is 3.35. The molecule has 0 fully saturated rings. The van der Waals surface area contributed by atoms with Crippen LogP contribution in [0.4, 0.5) is 11.4 Å². The maximum absolute atomic E-state index is 6.67. The quantitative estimate of drug-likeness (QED) is 0.490. The molecule has 0 radical (unpaired) electrons. The second kappa shape index (κ2) is 3.00. The van der Waals surface area contributed by atoms with Crippen LogP contribution in [0.5, 0.6) is 0 Å². The van der Waals surface area contributed by atoms with Gasteiger partial charge >= 0.3 is 0 Å². The van der Waals surface area contributed by atoms with Crippen LogP contribution in [0.25, 0.3) is 4.85 Å². The Morgan fingerprint density at radius 2 is 1.73 bits per heavy atom. The van der Waals surface area contributed by atoms with Gasteiger partial charge in [-0.25, -0.2) is 4.85 Å². The maximum Gasteiger partial charge on any atom is 0.190 e. The molecule has 1 aromatic rings. The summed E-state index contributed by atoms with van der Waals surface area (Å²) in [5.74, 6) is 0. The van der Waals surface area contributed by atoms with Crippen LogP contribution in [-0.2, 0) is 0 Å². The number of anilines is 1. The van der Waals surface area contributed by atoms with Crippen molar-refractivity contribution < 1.29 is 0 Å². The lowest BCUT2D eigenvalue weighted by Crippen LogP contribution is -1.86. The van der Waals surface area contributed by atoms with Gasteiger partial charge in [0.1, 0.15) is 0 Å². The van der Waals surface area contributed by atoms with Crippen LogP contribution in [0.2, 0.25) is 10.0 Å². The number of nitrogen functional groups attached to an aromatic ring is 1. The number of hydrogen-bond donors (Lipinski definition) is 1. The largest absolute Gasteiger partial charge is 0.396 e. The summed E-state index contributed by atoms with van der Waals surface area (Å²) >= 11 is 11.3. The number of rotatable bonds is 0. The summed E-state index contributed by atoms with van der Waals surface area (Å²) in [6.07, 6.45) is 0. The van der Waals surface area contributed by atoms with E-state index < -0.39 is 0 Å². The number of halogens is 2. The van der Waals surface area contributed by atoms with E-state index in [-0.39, 0.29) is 0 Å². The zero-order valence-corrected chi connectivity index (χ0v) is 6.95. The Kier molecular flexibility index (Phi) is 2.23. The van der Waals surface area contributed by atoms with Crippen molar-refractivity contribution in [3.05, 3.63) is 33.6 Å². The highest BCUT2D eigenvalue weighted by Crippen LogP contribution is 2.32. The lowest BCUT2D eigenvalue weighted by molar-refractivity contribution is 1.69. The molecular formula is C7H4Cl2N2. The molecular weight excluding hydrogens is 183 g/mol. The minimum Gasteiger partial charge on any atom is -0.396 e. The first-order valence-electron chi connectivity index (χ1n) is 2.77. The smallest absolute Gasteiger partial charge is 0.190 e. The summed E-state index contributed by atoms with van der Waals surface area (Å²) in [6, 6.07) is 2.96. The van der Waals surface area contributed by atoms with Gasteiger partial charge in [-0.15, -0.1) is 0 Å². The monoisotopic (exact) mass is 186 g/mol. The van der Waals surface area contributed by atoms with Crippen molar-refractivity contribution >= 4 is 34.6 Å². The molecule has 4 heteroatoms. The van der Waals surface area contributed by atoms with Crippen LogP contribution < -0.4 is 5.73 Å². The second-order valence-electron chi connectivity index (χ2n) is 1.93. The fourth-order valence-corrected chi connectivity index (χ4v) is 1.11. The van der Waals surface area contributed by atoms with E-state index >= 15 is 0 Å². The molecule has 0 aliphatic heterocycles. The SMILES string of the molecule is [C-]#[N+]c1cc(Cl)c(N)c(Cl)c1. The van der Waals surface area contributed by atoms with E-state index in [1.807, 2.05) is 0 Å². The van der Waals surface area contributed by atoms with Crippen molar-refractivity contribution in [3.8, 4) is 0 Å². The Hall–Kier alpha value is -0.910. The molecule has 1 aromatic carbocycles. The van der Waals surface area contributed by atoms with Crippen LogP contribution in [-0.4, -0.2) is 0 Å². The molecule has 2 N–H and O–H groups in total. The maximum atomic E-state index is 6.67. The summed E-state index contributed by atoms with van der Waals surface area (Å²) in [6.45, 7) is 6.67. The molecule has 0 bridgehead atoms. The van der Waals surface area contributed by atoms with Gasteiger partial charge in [0.25, 0.3) is 0 Å². The van der Waals surface area contributed by atoms with Crippen molar-refractivity contribution in [1.82, 2.24) is 0 Å². The fraction of sp³-hybridized carbons (Fsp3) is 0. The first-order chi connectivity index (χ1) is 5.15. The third-order valence-corrected chi connectivity index (χ3v) is 1.82. The van der Waals surface area contributed by atoms with E-state index in [0.29, 0.717) is 21.4 Å². The molecule has 0 aromatic heterocycles. The molecule has 0 saturated carbocycles. The summed E-state index contributed by atoms with van der Waals surface area (Å²) < 4.78 is 0. The first kappa shape index (κ1) is 8.19. The second-order valence-corrected chi connectivity index (χ2v) is 2.75. The summed E-state index contributed by atoms with van der Waals surface area (Å²) in [5, 5.41) is 0.645. The molecule has 2 nitrogen and oxygen atoms in total. The molecule has 0 saturated heterocycles. The third kappa shape index (κ3) is 1.56. The minimum atomic E-state index is 0.320. The molecule has 0 spiro atoms. The highest BCUT2D eigenvalue weighted by molar-refractivity contribution is 6.39. The Bertz CT molecular complexity index is 305. The average Bonchev–Trinajstić information content (AvgIpc) is 1.99. The zero-order valence-electron chi connectivity index (χ0n) is 5.44. The van der Waals surface area contributed by atoms with Crippen molar-refractivity contribution in [1.29, 1.82) is 0 Å². The Morgan fingerprint density at radius 3 is 2.09 bits per heavy atom. The van der Waals surface area contributed by atoms with Gasteiger partial charge in [0.2, 0.25) is 0 Å². The summed E-state index contributed by atoms with van der Waals surface area (Å²) in [7, 11) is 0. The molecule has 56 valence electrons. The molecule has 11 heavy (non-hydrogen) atoms. The predicted molar refractivity (Wildman–Crippen MR) is 47.1 cm³/mol. The Labute approximate surface area is 74.3 Å². The standard InChI is InChI=1S/C7H4Cl2N2/c1-11-4-2-5(8)7(10)6(9)3-4/h2-3H,10H2. The van der Waals surface area contributed by atoms with Crippen LogP contribution in [0.15, 0.2) is 12.1 Å². The molecule has 0 amide bonds. The van der Waals surface area contributed by atoms with Gasteiger partial charge in [-0.05, 0) is 12.1 Å². The molecule has 0 aliphatic carbocycles. The Morgan fingerprint density at radius 1 is 1.27 bits per heavy atom. The van der Waals surface area contributed by atoms with Gasteiger partial charge in [-0.1, -0.05) is 23.2 Å². The van der Waals surface area contributed by atoms with Gasteiger partial charge in [-0.3, -0.25) is 0 Å². The van der Waals surface area contributed by atoms with Crippen molar-refractivity contribution in [3.63, 3.8) is 0 Å². The topological polar surface area (TPSA) is 30.4 Å². The van der Waals surface area contributed by atoms with E-state index in [1.54, 1.807) is 0 Å². The molecule has 0 heterocycles. The van der Waals surface area contributed by atoms with E-state index in [9.17, 15) is 0 Å². The van der Waals surface area contributed by atoms with Crippen molar-refractivity contribution in [2.75, 3.05) is 5.73 Å². The van der Waals surface area contributed by atoms with Gasteiger partial charge in [0, 0.05) is 0 Å². The van der Waals surface area contributed by atoms with Crippen molar-refractivity contribution in [2.45, 2.75) is 0 Å². The molecule has 0 atom stereocenters. The summed E-state index contributed by atoms with van der Waals surface area (Å²) in [4.78, 5) is 3.16. The third-order valence-electron chi connectivity index (χ3n) is 1.19. The molecule has 0 unspecified atom stereocenters. The molecule has 1 rings (SSSR count). The zero-order chi connectivity index (χ0) is 8.43. The van der Waals surface area contributed by atoms with Crippen LogP contribution >= 0.6 is 23.2 Å². The minimum absolute atomic E-state index is 0.320. The van der Waals surface area contributed by atoms with Crippen LogP contribution in [0.3, 0.4) is 0 Å². The lowest BCUT2D eigenvalue weighted by atomic mass is 10.3. The van der Waals surface area contributed by atoms with Gasteiger partial charge < -0.3 is 5.73 Å². The van der Waals surface area contributed by atoms with Crippen molar-refractivity contribution in [2.24, 2.45) is 0 Å². The lowest BCUT2D eigenvalue weighted by Gasteiger charge is -2.00. The number of benzene rings is 1. The average molecular weight is 187 g/mol. The number of nitrogens with two attached hydrogens (primary N) is 1. The fourth-order valence-electron chi connectivity index (χ4n) is 0.635. The first-order valence-corrected chi connectivity index (χ1v) is 3.52.